The minimum absolute atomic E-state index is 0.0279. The van der Waals surface area contributed by atoms with Gasteiger partial charge in [-0.15, -0.1) is 0 Å². The Morgan fingerprint density at radius 1 is 1.14 bits per heavy atom. The van der Waals surface area contributed by atoms with Crippen molar-refractivity contribution >= 4 is 28.7 Å². The van der Waals surface area contributed by atoms with Gasteiger partial charge in [0.25, 0.3) is 0 Å². The SMILES string of the molecule is CC(C)(C)OC(=O)N1CCc2oc3cc(N4CCN(CCc5ccc(F)cn5)CC4=O)ccc3c2C1. The Bertz CT molecular complexity index is 1280. The van der Waals surface area contributed by atoms with Crippen molar-refractivity contribution in [3.8, 4) is 0 Å². The van der Waals surface area contributed by atoms with Crippen molar-refractivity contribution in [3.05, 3.63) is 59.4 Å². The number of hydrogen-bond donors (Lipinski definition) is 0. The maximum absolute atomic E-state index is 13.1. The van der Waals surface area contributed by atoms with Crippen LogP contribution in [0.3, 0.4) is 0 Å². The Morgan fingerprint density at radius 2 is 1.97 bits per heavy atom. The Kier molecular flexibility index (Phi) is 6.42. The van der Waals surface area contributed by atoms with Crippen LogP contribution in [-0.4, -0.2) is 65.1 Å². The summed E-state index contributed by atoms with van der Waals surface area (Å²) in [6, 6.07) is 8.93. The van der Waals surface area contributed by atoms with E-state index in [1.165, 1.54) is 12.3 Å². The molecule has 1 fully saturated rings. The van der Waals surface area contributed by atoms with E-state index in [1.54, 1.807) is 15.9 Å². The molecule has 36 heavy (non-hydrogen) atoms. The Balaban J connectivity index is 1.24. The van der Waals surface area contributed by atoms with E-state index in [0.717, 1.165) is 40.2 Å². The summed E-state index contributed by atoms with van der Waals surface area (Å²) in [6.07, 6.45) is 2.19. The van der Waals surface area contributed by atoms with Gasteiger partial charge in [-0.2, -0.15) is 0 Å². The number of hydrogen-bond acceptors (Lipinski definition) is 6. The van der Waals surface area contributed by atoms with Crippen LogP contribution in [0.4, 0.5) is 14.9 Å². The molecule has 0 spiro atoms. The molecule has 8 nitrogen and oxygen atoms in total. The van der Waals surface area contributed by atoms with Crippen LogP contribution < -0.4 is 4.90 Å². The molecule has 1 saturated heterocycles. The fourth-order valence-electron chi connectivity index (χ4n) is 4.73. The van der Waals surface area contributed by atoms with E-state index in [2.05, 4.69) is 9.88 Å². The molecule has 0 saturated carbocycles. The van der Waals surface area contributed by atoms with Crippen molar-refractivity contribution < 1.29 is 23.1 Å². The summed E-state index contributed by atoms with van der Waals surface area (Å²) in [7, 11) is 0. The number of piperazine rings is 1. The number of nitrogens with zero attached hydrogens (tertiary/aromatic N) is 4. The van der Waals surface area contributed by atoms with Crippen LogP contribution in [0.15, 0.2) is 40.9 Å². The van der Waals surface area contributed by atoms with Crippen molar-refractivity contribution in [2.45, 2.75) is 45.8 Å². The van der Waals surface area contributed by atoms with Crippen molar-refractivity contribution in [2.75, 3.05) is 37.6 Å². The second kappa shape index (κ2) is 9.54. The highest BCUT2D eigenvalue weighted by Crippen LogP contribution is 2.34. The fourth-order valence-corrected chi connectivity index (χ4v) is 4.73. The molecule has 1 aromatic carbocycles. The number of anilines is 1. The predicted molar refractivity (Wildman–Crippen MR) is 133 cm³/mol. The van der Waals surface area contributed by atoms with E-state index in [4.69, 9.17) is 9.15 Å². The number of amides is 2. The number of carbonyl (C=O) groups excluding carboxylic acids is 2. The van der Waals surface area contributed by atoms with E-state index in [9.17, 15) is 14.0 Å². The van der Waals surface area contributed by atoms with Gasteiger partial charge >= 0.3 is 6.09 Å². The van der Waals surface area contributed by atoms with Crippen LogP contribution in [0.5, 0.6) is 0 Å². The quantitative estimate of drug-likeness (QED) is 0.542. The summed E-state index contributed by atoms with van der Waals surface area (Å²) in [5, 5.41) is 0.958. The number of carbonyl (C=O) groups is 2. The van der Waals surface area contributed by atoms with Crippen LogP contribution in [0, 0.1) is 5.82 Å². The second-order valence-electron chi connectivity index (χ2n) is 10.4. The zero-order valence-corrected chi connectivity index (χ0v) is 20.9. The van der Waals surface area contributed by atoms with Crippen LogP contribution >= 0.6 is 0 Å². The first-order chi connectivity index (χ1) is 17.2. The summed E-state index contributed by atoms with van der Waals surface area (Å²) in [5.74, 6) is 0.560. The fraction of sp³-hybridized carbons (Fsp3) is 0.444. The molecular formula is C27H31FN4O4. The molecule has 190 valence electrons. The molecule has 9 heteroatoms. The van der Waals surface area contributed by atoms with Gasteiger partial charge in [0.1, 0.15) is 22.8 Å². The number of aromatic nitrogens is 1. The Morgan fingerprint density at radius 3 is 2.69 bits per heavy atom. The van der Waals surface area contributed by atoms with Crippen LogP contribution in [0.1, 0.15) is 37.8 Å². The smallest absolute Gasteiger partial charge is 0.410 e. The summed E-state index contributed by atoms with van der Waals surface area (Å²) < 4.78 is 24.7. The lowest BCUT2D eigenvalue weighted by Crippen LogP contribution is -2.50. The van der Waals surface area contributed by atoms with Gasteiger partial charge in [-0.1, -0.05) is 0 Å². The summed E-state index contributed by atoms with van der Waals surface area (Å²) in [6.45, 7) is 8.89. The molecule has 0 bridgehead atoms. The summed E-state index contributed by atoms with van der Waals surface area (Å²) >= 11 is 0. The number of furan rings is 1. The monoisotopic (exact) mass is 494 g/mol. The summed E-state index contributed by atoms with van der Waals surface area (Å²) in [5.41, 5.74) is 2.80. The van der Waals surface area contributed by atoms with E-state index in [-0.39, 0.29) is 17.8 Å². The van der Waals surface area contributed by atoms with Crippen LogP contribution in [0.25, 0.3) is 11.0 Å². The third-order valence-electron chi connectivity index (χ3n) is 6.55. The molecule has 3 aromatic rings. The largest absolute Gasteiger partial charge is 0.461 e. The minimum atomic E-state index is -0.543. The maximum Gasteiger partial charge on any atom is 0.410 e. The molecule has 4 heterocycles. The molecule has 0 radical (unpaired) electrons. The zero-order chi connectivity index (χ0) is 25.4. The first kappa shape index (κ1) is 24.2. The first-order valence-electron chi connectivity index (χ1n) is 12.3. The van der Waals surface area contributed by atoms with Crippen molar-refractivity contribution in [3.63, 3.8) is 0 Å². The molecule has 2 aliphatic rings. The standard InChI is InChI=1S/C27H31FN4O4/c1-27(2,3)36-26(34)31-11-9-23-22(16-31)21-7-6-20(14-24(21)35-23)32-13-12-30(17-25(32)33)10-8-19-5-4-18(28)15-29-19/h4-7,14-15H,8-13,16-17H2,1-3H3. The average molecular weight is 495 g/mol. The lowest BCUT2D eigenvalue weighted by atomic mass is 10.0. The highest BCUT2D eigenvalue weighted by molar-refractivity contribution is 5.98. The maximum atomic E-state index is 13.1. The predicted octanol–water partition coefficient (Wildman–Crippen LogP) is 4.15. The average Bonchev–Trinajstić information content (AvgIpc) is 3.19. The summed E-state index contributed by atoms with van der Waals surface area (Å²) in [4.78, 5) is 35.2. The van der Waals surface area contributed by atoms with Gasteiger partial charge in [0.2, 0.25) is 5.91 Å². The highest BCUT2D eigenvalue weighted by atomic mass is 19.1. The molecule has 2 aliphatic heterocycles. The zero-order valence-electron chi connectivity index (χ0n) is 20.9. The number of fused-ring (bicyclic) bond motifs is 3. The molecule has 0 atom stereocenters. The molecular weight excluding hydrogens is 463 g/mol. The number of rotatable bonds is 4. The van der Waals surface area contributed by atoms with Crippen molar-refractivity contribution in [1.29, 1.82) is 0 Å². The van der Waals surface area contributed by atoms with E-state index >= 15 is 0 Å². The van der Waals surface area contributed by atoms with Gasteiger partial charge in [0, 0.05) is 67.4 Å². The number of halogens is 1. The molecule has 0 unspecified atom stereocenters. The van der Waals surface area contributed by atoms with Gasteiger partial charge in [-0.25, -0.2) is 9.18 Å². The normalized spacial score (nSPS) is 16.9. The first-order valence-corrected chi connectivity index (χ1v) is 12.3. The second-order valence-corrected chi connectivity index (χ2v) is 10.4. The van der Waals surface area contributed by atoms with Gasteiger partial charge in [0.15, 0.2) is 0 Å². The van der Waals surface area contributed by atoms with Gasteiger partial charge in [0.05, 0.1) is 19.3 Å². The molecule has 5 rings (SSSR count). The Hall–Kier alpha value is -3.46. The van der Waals surface area contributed by atoms with Gasteiger partial charge < -0.3 is 19.0 Å². The van der Waals surface area contributed by atoms with E-state index < -0.39 is 5.60 Å². The van der Waals surface area contributed by atoms with E-state index in [1.807, 2.05) is 39.0 Å². The number of pyridine rings is 1. The lowest BCUT2D eigenvalue weighted by Gasteiger charge is -2.34. The van der Waals surface area contributed by atoms with E-state index in [0.29, 0.717) is 45.6 Å². The molecule has 2 aromatic heterocycles. The van der Waals surface area contributed by atoms with Gasteiger partial charge in [-0.3, -0.25) is 14.7 Å². The lowest BCUT2D eigenvalue weighted by molar-refractivity contribution is -0.121. The van der Waals surface area contributed by atoms with Gasteiger partial charge in [-0.05, 0) is 45.0 Å². The number of ether oxygens (including phenoxy) is 1. The Labute approximate surface area is 209 Å². The third-order valence-corrected chi connectivity index (χ3v) is 6.55. The van der Waals surface area contributed by atoms with Crippen molar-refractivity contribution in [2.24, 2.45) is 0 Å². The molecule has 0 aliphatic carbocycles. The van der Waals surface area contributed by atoms with Crippen LogP contribution in [0.2, 0.25) is 0 Å². The topological polar surface area (TPSA) is 79.1 Å². The van der Waals surface area contributed by atoms with Crippen molar-refractivity contribution in [1.82, 2.24) is 14.8 Å². The third kappa shape index (κ3) is 5.21. The molecule has 2 amide bonds. The minimum Gasteiger partial charge on any atom is -0.461 e. The number of benzene rings is 1. The molecule has 0 N–H and O–H groups in total. The van der Waals surface area contributed by atoms with Crippen LogP contribution in [-0.2, 0) is 28.9 Å². The highest BCUT2D eigenvalue weighted by Gasteiger charge is 2.30.